The Morgan fingerprint density at radius 1 is 1.14 bits per heavy atom. The minimum absolute atomic E-state index is 0.190. The molecule has 1 aromatic rings. The van der Waals surface area contributed by atoms with Crippen molar-refractivity contribution in [3.8, 4) is 0 Å². The Labute approximate surface area is 122 Å². The molecule has 0 amide bonds. The van der Waals surface area contributed by atoms with Gasteiger partial charge in [-0.3, -0.25) is 4.79 Å². The molecule has 0 aliphatic carbocycles. The maximum absolute atomic E-state index is 12.7. The highest BCUT2D eigenvalue weighted by Gasteiger charge is 2.33. The van der Waals surface area contributed by atoms with Gasteiger partial charge >= 0.3 is 12.1 Å². The van der Waals surface area contributed by atoms with Crippen LogP contribution in [-0.4, -0.2) is 12.6 Å². The number of hydrogen-bond donors (Lipinski definition) is 1. The Balaban J connectivity index is 2.91. The highest BCUT2D eigenvalue weighted by molar-refractivity contribution is 5.75. The van der Waals surface area contributed by atoms with Crippen LogP contribution in [-0.2, 0) is 21.2 Å². The minimum atomic E-state index is -4.44. The van der Waals surface area contributed by atoms with E-state index in [-0.39, 0.29) is 12.2 Å². The van der Waals surface area contributed by atoms with Crippen molar-refractivity contribution in [2.75, 3.05) is 6.61 Å². The van der Waals surface area contributed by atoms with Gasteiger partial charge in [0.05, 0.1) is 16.5 Å². The van der Waals surface area contributed by atoms with E-state index in [1.807, 2.05) is 0 Å². The van der Waals surface area contributed by atoms with Crippen LogP contribution in [0, 0.1) is 5.41 Å². The molecular weight excluding hydrogens is 283 g/mol. The SMILES string of the molecule is CC(C)(C)C(=O)OCC(C)(N)c1cccc(C(F)(F)F)c1. The normalized spacial score (nSPS) is 15.4. The van der Waals surface area contributed by atoms with E-state index in [0.717, 1.165) is 12.1 Å². The van der Waals surface area contributed by atoms with Crippen LogP contribution in [0.2, 0.25) is 0 Å². The molecular formula is C15H20F3NO2. The van der Waals surface area contributed by atoms with Crippen LogP contribution >= 0.6 is 0 Å². The van der Waals surface area contributed by atoms with Gasteiger partial charge in [0.1, 0.15) is 6.61 Å². The van der Waals surface area contributed by atoms with Gasteiger partial charge in [-0.05, 0) is 45.4 Å². The summed E-state index contributed by atoms with van der Waals surface area (Å²) in [6.45, 7) is 6.40. The van der Waals surface area contributed by atoms with Crippen molar-refractivity contribution in [1.29, 1.82) is 0 Å². The topological polar surface area (TPSA) is 52.3 Å². The summed E-state index contributed by atoms with van der Waals surface area (Å²) in [6, 6.07) is 4.72. The molecule has 0 spiro atoms. The fraction of sp³-hybridized carbons (Fsp3) is 0.533. The molecule has 0 aliphatic rings. The van der Waals surface area contributed by atoms with Crippen molar-refractivity contribution >= 4 is 5.97 Å². The quantitative estimate of drug-likeness (QED) is 0.870. The van der Waals surface area contributed by atoms with Crippen molar-refractivity contribution in [2.24, 2.45) is 11.1 Å². The second kappa shape index (κ2) is 5.67. The molecule has 1 rings (SSSR count). The molecule has 0 bridgehead atoms. The molecule has 1 atom stereocenters. The third-order valence-electron chi connectivity index (χ3n) is 2.96. The molecule has 0 radical (unpaired) electrons. The van der Waals surface area contributed by atoms with Gasteiger partial charge in [0.25, 0.3) is 0 Å². The lowest BCUT2D eigenvalue weighted by molar-refractivity contribution is -0.154. The third kappa shape index (κ3) is 4.74. The summed E-state index contributed by atoms with van der Waals surface area (Å²) in [4.78, 5) is 11.7. The number of carbonyl (C=O) groups is 1. The fourth-order valence-corrected chi connectivity index (χ4v) is 1.57. The van der Waals surface area contributed by atoms with E-state index in [1.54, 1.807) is 20.8 Å². The summed E-state index contributed by atoms with van der Waals surface area (Å²) < 4.78 is 43.2. The van der Waals surface area contributed by atoms with Gasteiger partial charge in [0, 0.05) is 0 Å². The maximum Gasteiger partial charge on any atom is 0.416 e. The molecule has 2 N–H and O–H groups in total. The standard InChI is InChI=1S/C15H20F3NO2/c1-13(2,3)12(20)21-9-14(4,19)10-6-5-7-11(8-10)15(16,17)18/h5-8H,9,19H2,1-4H3. The van der Waals surface area contributed by atoms with Crippen molar-refractivity contribution in [1.82, 2.24) is 0 Å². The van der Waals surface area contributed by atoms with E-state index in [0.29, 0.717) is 0 Å². The van der Waals surface area contributed by atoms with Crippen LogP contribution in [0.4, 0.5) is 13.2 Å². The van der Waals surface area contributed by atoms with Gasteiger partial charge in [-0.25, -0.2) is 0 Å². The highest BCUT2D eigenvalue weighted by Crippen LogP contribution is 2.31. The van der Waals surface area contributed by atoms with Gasteiger partial charge in [-0.2, -0.15) is 13.2 Å². The van der Waals surface area contributed by atoms with Crippen LogP contribution in [0.3, 0.4) is 0 Å². The van der Waals surface area contributed by atoms with E-state index < -0.39 is 28.7 Å². The zero-order chi connectivity index (χ0) is 16.5. The summed E-state index contributed by atoms with van der Waals surface area (Å²) in [6.07, 6.45) is -4.44. The first-order valence-corrected chi connectivity index (χ1v) is 6.48. The van der Waals surface area contributed by atoms with E-state index in [1.165, 1.54) is 19.1 Å². The fourth-order valence-electron chi connectivity index (χ4n) is 1.57. The molecule has 3 nitrogen and oxygen atoms in total. The smallest absolute Gasteiger partial charge is 0.416 e. The molecule has 1 unspecified atom stereocenters. The number of nitrogens with two attached hydrogens (primary N) is 1. The van der Waals surface area contributed by atoms with Crippen LogP contribution < -0.4 is 5.73 Å². The molecule has 118 valence electrons. The summed E-state index contributed by atoms with van der Waals surface area (Å²) >= 11 is 0. The monoisotopic (exact) mass is 303 g/mol. The molecule has 0 aromatic heterocycles. The summed E-state index contributed by atoms with van der Waals surface area (Å²) in [5, 5.41) is 0. The lowest BCUT2D eigenvalue weighted by Gasteiger charge is -2.27. The Morgan fingerprint density at radius 3 is 2.14 bits per heavy atom. The van der Waals surface area contributed by atoms with Crippen LogP contribution in [0.25, 0.3) is 0 Å². The van der Waals surface area contributed by atoms with Crippen molar-refractivity contribution in [2.45, 2.75) is 39.4 Å². The second-order valence-corrected chi connectivity index (χ2v) is 6.32. The molecule has 6 heteroatoms. The number of alkyl halides is 3. The van der Waals surface area contributed by atoms with Gasteiger partial charge in [0.15, 0.2) is 0 Å². The molecule has 1 aromatic carbocycles. The summed E-state index contributed by atoms with van der Waals surface area (Å²) in [7, 11) is 0. The van der Waals surface area contributed by atoms with Gasteiger partial charge in [-0.15, -0.1) is 0 Å². The minimum Gasteiger partial charge on any atom is -0.463 e. The third-order valence-corrected chi connectivity index (χ3v) is 2.96. The Bertz CT molecular complexity index is 516. The van der Waals surface area contributed by atoms with Crippen molar-refractivity contribution in [3.63, 3.8) is 0 Å². The van der Waals surface area contributed by atoms with E-state index in [2.05, 4.69) is 0 Å². The van der Waals surface area contributed by atoms with Crippen molar-refractivity contribution in [3.05, 3.63) is 35.4 Å². The first kappa shape index (κ1) is 17.5. The average molecular weight is 303 g/mol. The number of ether oxygens (including phenoxy) is 1. The number of rotatable bonds is 3. The second-order valence-electron chi connectivity index (χ2n) is 6.32. The number of esters is 1. The summed E-state index contributed by atoms with van der Waals surface area (Å²) in [5.74, 6) is -0.453. The van der Waals surface area contributed by atoms with Gasteiger partial charge < -0.3 is 10.5 Å². The van der Waals surface area contributed by atoms with Crippen LogP contribution in [0.5, 0.6) is 0 Å². The first-order valence-electron chi connectivity index (χ1n) is 6.48. The number of halogens is 3. The highest BCUT2D eigenvalue weighted by atomic mass is 19.4. The lowest BCUT2D eigenvalue weighted by Crippen LogP contribution is -2.40. The van der Waals surface area contributed by atoms with Crippen LogP contribution in [0.15, 0.2) is 24.3 Å². The summed E-state index contributed by atoms with van der Waals surface area (Å²) in [5.41, 5.74) is 3.60. The largest absolute Gasteiger partial charge is 0.463 e. The first-order chi connectivity index (χ1) is 9.34. The predicted octanol–water partition coefficient (Wildman–Crippen LogP) is 3.47. The van der Waals surface area contributed by atoms with E-state index >= 15 is 0 Å². The Hall–Kier alpha value is -1.56. The Morgan fingerprint density at radius 2 is 1.67 bits per heavy atom. The van der Waals surface area contributed by atoms with E-state index in [9.17, 15) is 18.0 Å². The molecule has 0 saturated carbocycles. The van der Waals surface area contributed by atoms with E-state index in [4.69, 9.17) is 10.5 Å². The van der Waals surface area contributed by atoms with Crippen LogP contribution in [0.1, 0.15) is 38.8 Å². The van der Waals surface area contributed by atoms with Gasteiger partial charge in [0.2, 0.25) is 0 Å². The zero-order valence-electron chi connectivity index (χ0n) is 12.5. The molecule has 0 fully saturated rings. The average Bonchev–Trinajstić information content (AvgIpc) is 2.34. The number of benzene rings is 1. The maximum atomic E-state index is 12.7. The molecule has 0 saturated heterocycles. The molecule has 21 heavy (non-hydrogen) atoms. The van der Waals surface area contributed by atoms with Gasteiger partial charge in [-0.1, -0.05) is 12.1 Å². The number of carbonyl (C=O) groups excluding carboxylic acids is 1. The lowest BCUT2D eigenvalue weighted by atomic mass is 9.92. The number of hydrogen-bond acceptors (Lipinski definition) is 3. The predicted molar refractivity (Wildman–Crippen MR) is 73.4 cm³/mol. The zero-order valence-corrected chi connectivity index (χ0v) is 12.5. The molecule has 0 aliphatic heterocycles. The molecule has 0 heterocycles. The Kier molecular flexibility index (Phi) is 4.73. The van der Waals surface area contributed by atoms with Crippen molar-refractivity contribution < 1.29 is 22.7 Å².